The molecule has 3 aromatic rings. The first-order valence-electron chi connectivity index (χ1n) is 7.98. The molecular weight excluding hydrogens is 316 g/mol. The Morgan fingerprint density at radius 3 is 2.44 bits per heavy atom. The molecule has 4 heteroatoms. The number of esters is 1. The van der Waals surface area contributed by atoms with Crippen molar-refractivity contribution in [3.63, 3.8) is 0 Å². The molecule has 1 atom stereocenters. The Balaban J connectivity index is 1.62. The van der Waals surface area contributed by atoms with E-state index < -0.39 is 12.1 Å². The van der Waals surface area contributed by atoms with E-state index in [-0.39, 0.29) is 13.0 Å². The first kappa shape index (κ1) is 16.7. The van der Waals surface area contributed by atoms with Crippen molar-refractivity contribution < 1.29 is 19.1 Å². The van der Waals surface area contributed by atoms with Gasteiger partial charge in [0.2, 0.25) is 6.29 Å². The summed E-state index contributed by atoms with van der Waals surface area (Å²) in [4.78, 5) is 23.2. The average molecular weight is 333 g/mol. The highest BCUT2D eigenvalue weighted by molar-refractivity contribution is 5.88. The SMILES string of the molecule is O=[C]C(CC(=O)OCc1ccccc1)Oc1cccc2ccccc12. The van der Waals surface area contributed by atoms with Gasteiger partial charge in [0, 0.05) is 5.39 Å². The van der Waals surface area contributed by atoms with Gasteiger partial charge in [-0.2, -0.15) is 0 Å². The number of rotatable bonds is 7. The van der Waals surface area contributed by atoms with Gasteiger partial charge in [-0.15, -0.1) is 0 Å². The highest BCUT2D eigenvalue weighted by atomic mass is 16.5. The van der Waals surface area contributed by atoms with E-state index in [9.17, 15) is 9.59 Å². The Labute approximate surface area is 146 Å². The van der Waals surface area contributed by atoms with Gasteiger partial charge in [0.15, 0.2) is 6.10 Å². The van der Waals surface area contributed by atoms with Gasteiger partial charge >= 0.3 is 5.97 Å². The number of ether oxygens (including phenoxy) is 2. The standard InChI is InChI=1S/C21H17O4/c22-14-18(13-21(23)24-15-16-7-2-1-3-8-16)25-20-12-6-10-17-9-4-5-11-19(17)20/h1-12,18H,13,15H2. The lowest BCUT2D eigenvalue weighted by Crippen LogP contribution is -2.23. The van der Waals surface area contributed by atoms with Crippen LogP contribution in [0.1, 0.15) is 12.0 Å². The molecule has 0 heterocycles. The van der Waals surface area contributed by atoms with Crippen LogP contribution in [0.2, 0.25) is 0 Å². The Morgan fingerprint density at radius 2 is 1.64 bits per heavy atom. The van der Waals surface area contributed by atoms with Crippen molar-refractivity contribution in [3.8, 4) is 5.75 Å². The van der Waals surface area contributed by atoms with Gasteiger partial charge in [-0.1, -0.05) is 66.7 Å². The molecule has 0 aliphatic rings. The minimum Gasteiger partial charge on any atom is -0.481 e. The van der Waals surface area contributed by atoms with Crippen molar-refractivity contribution in [3.05, 3.63) is 78.4 Å². The quantitative estimate of drug-likeness (QED) is 0.617. The Hall–Kier alpha value is -3.14. The lowest BCUT2D eigenvalue weighted by molar-refractivity contribution is -0.146. The number of hydrogen-bond donors (Lipinski definition) is 0. The largest absolute Gasteiger partial charge is 0.481 e. The minimum absolute atomic E-state index is 0.166. The summed E-state index contributed by atoms with van der Waals surface area (Å²) in [5, 5.41) is 1.87. The first-order chi connectivity index (χ1) is 12.3. The highest BCUT2D eigenvalue weighted by Crippen LogP contribution is 2.26. The van der Waals surface area contributed by atoms with Crippen molar-refractivity contribution in [2.45, 2.75) is 19.1 Å². The smallest absolute Gasteiger partial charge is 0.310 e. The molecule has 1 unspecified atom stereocenters. The fourth-order valence-corrected chi connectivity index (χ4v) is 2.51. The van der Waals surface area contributed by atoms with Crippen LogP contribution >= 0.6 is 0 Å². The molecule has 25 heavy (non-hydrogen) atoms. The van der Waals surface area contributed by atoms with Gasteiger partial charge in [-0.05, 0) is 17.0 Å². The van der Waals surface area contributed by atoms with E-state index in [2.05, 4.69) is 0 Å². The average Bonchev–Trinajstić information content (AvgIpc) is 2.67. The van der Waals surface area contributed by atoms with Crippen LogP contribution in [-0.4, -0.2) is 18.4 Å². The van der Waals surface area contributed by atoms with Crippen LogP contribution in [0.25, 0.3) is 10.8 Å². The highest BCUT2D eigenvalue weighted by Gasteiger charge is 2.18. The Morgan fingerprint density at radius 1 is 0.920 bits per heavy atom. The summed E-state index contributed by atoms with van der Waals surface area (Å²) in [7, 11) is 0. The molecule has 0 amide bonds. The van der Waals surface area contributed by atoms with Gasteiger partial charge in [0.25, 0.3) is 0 Å². The summed E-state index contributed by atoms with van der Waals surface area (Å²) < 4.78 is 10.9. The monoisotopic (exact) mass is 333 g/mol. The number of benzene rings is 3. The van der Waals surface area contributed by atoms with Gasteiger partial charge in [-0.3, -0.25) is 9.59 Å². The van der Waals surface area contributed by atoms with E-state index in [1.165, 1.54) is 0 Å². The maximum atomic E-state index is 12.0. The van der Waals surface area contributed by atoms with E-state index in [0.717, 1.165) is 16.3 Å². The number of carbonyl (C=O) groups is 1. The predicted molar refractivity (Wildman–Crippen MR) is 94.9 cm³/mol. The van der Waals surface area contributed by atoms with Crippen molar-refractivity contribution in [2.75, 3.05) is 0 Å². The third-order valence-electron chi connectivity index (χ3n) is 3.75. The Bertz CT molecular complexity index is 853. The molecule has 4 nitrogen and oxygen atoms in total. The van der Waals surface area contributed by atoms with E-state index >= 15 is 0 Å². The van der Waals surface area contributed by atoms with Gasteiger partial charge in [0.05, 0.1) is 6.42 Å². The second-order valence-electron chi connectivity index (χ2n) is 5.55. The van der Waals surface area contributed by atoms with Gasteiger partial charge in [0.1, 0.15) is 12.4 Å². The lowest BCUT2D eigenvalue weighted by atomic mass is 10.1. The molecular formula is C21H17O4. The number of fused-ring (bicyclic) bond motifs is 1. The lowest BCUT2D eigenvalue weighted by Gasteiger charge is -2.14. The Kier molecular flexibility index (Phi) is 5.42. The van der Waals surface area contributed by atoms with Crippen LogP contribution in [-0.2, 0) is 20.9 Å². The molecule has 0 saturated heterocycles. The van der Waals surface area contributed by atoms with Crippen molar-refractivity contribution >= 4 is 23.0 Å². The van der Waals surface area contributed by atoms with E-state index in [1.807, 2.05) is 66.7 Å². The maximum absolute atomic E-state index is 12.0. The van der Waals surface area contributed by atoms with E-state index in [1.54, 1.807) is 12.4 Å². The molecule has 1 radical (unpaired) electrons. The molecule has 0 N–H and O–H groups in total. The van der Waals surface area contributed by atoms with Crippen molar-refractivity contribution in [2.24, 2.45) is 0 Å². The summed E-state index contributed by atoms with van der Waals surface area (Å²) in [6, 6.07) is 22.6. The summed E-state index contributed by atoms with van der Waals surface area (Å²) in [5.74, 6) is 0.0414. The molecule has 3 rings (SSSR count). The third-order valence-corrected chi connectivity index (χ3v) is 3.75. The van der Waals surface area contributed by atoms with Crippen molar-refractivity contribution in [1.82, 2.24) is 0 Å². The molecule has 0 aliphatic carbocycles. The second kappa shape index (κ2) is 8.11. The zero-order valence-electron chi connectivity index (χ0n) is 13.6. The van der Waals surface area contributed by atoms with Crippen LogP contribution in [0.4, 0.5) is 0 Å². The third kappa shape index (κ3) is 4.44. The van der Waals surface area contributed by atoms with Crippen molar-refractivity contribution in [1.29, 1.82) is 0 Å². The molecule has 0 spiro atoms. The fourth-order valence-electron chi connectivity index (χ4n) is 2.51. The fraction of sp³-hybridized carbons (Fsp3) is 0.143. The predicted octanol–water partition coefficient (Wildman–Crippen LogP) is 3.83. The molecule has 0 aliphatic heterocycles. The second-order valence-corrected chi connectivity index (χ2v) is 5.55. The molecule has 0 bridgehead atoms. The van der Waals surface area contributed by atoms with E-state index in [4.69, 9.17) is 9.47 Å². The zero-order valence-corrected chi connectivity index (χ0v) is 13.6. The van der Waals surface area contributed by atoms with Gasteiger partial charge in [-0.25, -0.2) is 0 Å². The number of carbonyl (C=O) groups excluding carboxylic acids is 2. The molecule has 0 aromatic heterocycles. The maximum Gasteiger partial charge on any atom is 0.310 e. The van der Waals surface area contributed by atoms with Crippen LogP contribution in [0.3, 0.4) is 0 Å². The normalized spacial score (nSPS) is 11.7. The zero-order chi connectivity index (χ0) is 17.5. The van der Waals surface area contributed by atoms with Crippen LogP contribution in [0, 0.1) is 0 Å². The summed E-state index contributed by atoms with van der Waals surface area (Å²) in [5.41, 5.74) is 0.887. The summed E-state index contributed by atoms with van der Waals surface area (Å²) in [6.07, 6.45) is 0.585. The summed E-state index contributed by atoms with van der Waals surface area (Å²) in [6.45, 7) is 0.166. The molecule has 3 aromatic carbocycles. The first-order valence-corrected chi connectivity index (χ1v) is 7.98. The molecule has 125 valence electrons. The topological polar surface area (TPSA) is 52.6 Å². The van der Waals surface area contributed by atoms with Crippen LogP contribution < -0.4 is 4.74 Å². The molecule has 0 fully saturated rings. The number of hydrogen-bond acceptors (Lipinski definition) is 4. The molecule has 0 saturated carbocycles. The minimum atomic E-state index is -1.01. The summed E-state index contributed by atoms with van der Waals surface area (Å²) >= 11 is 0. The van der Waals surface area contributed by atoms with Crippen LogP contribution in [0.15, 0.2) is 72.8 Å². The van der Waals surface area contributed by atoms with E-state index in [0.29, 0.717) is 5.75 Å². The van der Waals surface area contributed by atoms with Gasteiger partial charge < -0.3 is 9.47 Å². The van der Waals surface area contributed by atoms with Crippen LogP contribution in [0.5, 0.6) is 5.75 Å².